The van der Waals surface area contributed by atoms with E-state index in [0.29, 0.717) is 15.9 Å². The Labute approximate surface area is 155 Å². The number of carbonyl (C=O) groups is 2. The standard InChI is InChI=1S/C17H22N4O2S2/c1-4-10(5-2)16-20-21-17(25-16)19-15(23)13-9(3)8-12(24-13)18-14(22)11-6-7-11/h8,10-11H,4-7H2,1-3H3,(H,18,22)(H,19,21,23). The molecule has 2 aromatic rings. The molecule has 2 amide bonds. The summed E-state index contributed by atoms with van der Waals surface area (Å²) >= 11 is 2.72. The first kappa shape index (κ1) is 18.0. The fraction of sp³-hybridized carbons (Fsp3) is 0.529. The van der Waals surface area contributed by atoms with Gasteiger partial charge in [-0.2, -0.15) is 0 Å². The van der Waals surface area contributed by atoms with Crippen molar-refractivity contribution in [1.82, 2.24) is 10.2 Å². The minimum absolute atomic E-state index is 0.0483. The van der Waals surface area contributed by atoms with E-state index < -0.39 is 0 Å². The van der Waals surface area contributed by atoms with E-state index in [-0.39, 0.29) is 17.7 Å². The van der Waals surface area contributed by atoms with Gasteiger partial charge in [0.25, 0.3) is 5.91 Å². The van der Waals surface area contributed by atoms with Gasteiger partial charge in [0, 0.05) is 11.8 Å². The lowest BCUT2D eigenvalue weighted by molar-refractivity contribution is -0.117. The van der Waals surface area contributed by atoms with Gasteiger partial charge in [0.2, 0.25) is 11.0 Å². The van der Waals surface area contributed by atoms with Crippen molar-refractivity contribution in [3.63, 3.8) is 0 Å². The first-order chi connectivity index (χ1) is 12.0. The summed E-state index contributed by atoms with van der Waals surface area (Å²) in [5, 5.41) is 16.2. The van der Waals surface area contributed by atoms with Gasteiger partial charge in [-0.3, -0.25) is 14.9 Å². The second kappa shape index (κ2) is 7.61. The van der Waals surface area contributed by atoms with Crippen molar-refractivity contribution in [2.24, 2.45) is 5.92 Å². The van der Waals surface area contributed by atoms with Crippen LogP contribution in [0.3, 0.4) is 0 Å². The maximum Gasteiger partial charge on any atom is 0.267 e. The lowest BCUT2D eigenvalue weighted by Gasteiger charge is -2.05. The molecule has 8 heteroatoms. The van der Waals surface area contributed by atoms with Gasteiger partial charge in [0.15, 0.2) is 0 Å². The van der Waals surface area contributed by atoms with E-state index in [1.807, 2.05) is 13.0 Å². The van der Waals surface area contributed by atoms with Gasteiger partial charge >= 0.3 is 0 Å². The maximum atomic E-state index is 12.5. The van der Waals surface area contributed by atoms with Crippen LogP contribution in [0.5, 0.6) is 0 Å². The Balaban J connectivity index is 1.66. The SMILES string of the molecule is CCC(CC)c1nnc(NC(=O)c2sc(NC(=O)C3CC3)cc2C)s1. The molecule has 0 aliphatic heterocycles. The quantitative estimate of drug-likeness (QED) is 0.747. The molecule has 0 spiro atoms. The fourth-order valence-corrected chi connectivity index (χ4v) is 4.56. The molecule has 0 atom stereocenters. The van der Waals surface area contributed by atoms with Crippen LogP contribution in [0.1, 0.15) is 65.7 Å². The molecular formula is C17H22N4O2S2. The van der Waals surface area contributed by atoms with Crippen molar-refractivity contribution >= 4 is 44.6 Å². The molecule has 25 heavy (non-hydrogen) atoms. The Bertz CT molecular complexity index is 775. The van der Waals surface area contributed by atoms with E-state index in [0.717, 1.165) is 41.3 Å². The van der Waals surface area contributed by atoms with E-state index in [4.69, 9.17) is 0 Å². The van der Waals surface area contributed by atoms with Crippen LogP contribution in [0, 0.1) is 12.8 Å². The highest BCUT2D eigenvalue weighted by Crippen LogP contribution is 2.33. The van der Waals surface area contributed by atoms with Crippen molar-refractivity contribution in [3.05, 3.63) is 21.5 Å². The van der Waals surface area contributed by atoms with Crippen LogP contribution < -0.4 is 10.6 Å². The number of aryl methyl sites for hydroxylation is 1. The minimum atomic E-state index is -0.207. The average Bonchev–Trinajstić information content (AvgIpc) is 3.24. The highest BCUT2D eigenvalue weighted by Gasteiger charge is 2.30. The van der Waals surface area contributed by atoms with Crippen molar-refractivity contribution in [2.45, 2.75) is 52.4 Å². The van der Waals surface area contributed by atoms with Crippen LogP contribution >= 0.6 is 22.7 Å². The van der Waals surface area contributed by atoms with Gasteiger partial charge in [0.1, 0.15) is 5.01 Å². The molecule has 0 bridgehead atoms. The molecule has 134 valence electrons. The van der Waals surface area contributed by atoms with Gasteiger partial charge in [-0.05, 0) is 44.2 Å². The highest BCUT2D eigenvalue weighted by atomic mass is 32.1. The summed E-state index contributed by atoms with van der Waals surface area (Å²) < 4.78 is 0. The van der Waals surface area contributed by atoms with Crippen LogP contribution in [0.25, 0.3) is 0 Å². The number of aromatic nitrogens is 2. The Morgan fingerprint density at radius 1 is 1.20 bits per heavy atom. The van der Waals surface area contributed by atoms with E-state index in [1.165, 1.54) is 22.7 Å². The molecule has 0 unspecified atom stereocenters. The predicted molar refractivity (Wildman–Crippen MR) is 102 cm³/mol. The number of anilines is 2. The van der Waals surface area contributed by atoms with E-state index in [2.05, 4.69) is 34.7 Å². The molecule has 3 rings (SSSR count). The summed E-state index contributed by atoms with van der Waals surface area (Å²) in [5.74, 6) is 0.370. The summed E-state index contributed by atoms with van der Waals surface area (Å²) in [4.78, 5) is 25.0. The van der Waals surface area contributed by atoms with Crippen molar-refractivity contribution < 1.29 is 9.59 Å². The number of nitrogens with zero attached hydrogens (tertiary/aromatic N) is 2. The van der Waals surface area contributed by atoms with Gasteiger partial charge < -0.3 is 5.32 Å². The van der Waals surface area contributed by atoms with Gasteiger partial charge in [-0.25, -0.2) is 0 Å². The second-order valence-corrected chi connectivity index (χ2v) is 8.36. The Hall–Kier alpha value is -1.80. The third kappa shape index (κ3) is 4.24. The monoisotopic (exact) mass is 378 g/mol. The second-order valence-electron chi connectivity index (χ2n) is 6.30. The molecule has 0 aromatic carbocycles. The minimum Gasteiger partial charge on any atom is -0.317 e. The summed E-state index contributed by atoms with van der Waals surface area (Å²) in [5.41, 5.74) is 0.846. The van der Waals surface area contributed by atoms with Crippen LogP contribution in [0.2, 0.25) is 0 Å². The summed E-state index contributed by atoms with van der Waals surface area (Å²) in [7, 11) is 0. The zero-order chi connectivity index (χ0) is 18.0. The number of amides is 2. The maximum absolute atomic E-state index is 12.5. The molecule has 1 aliphatic carbocycles. The van der Waals surface area contributed by atoms with Crippen molar-refractivity contribution in [3.8, 4) is 0 Å². The van der Waals surface area contributed by atoms with Crippen LogP contribution in [-0.2, 0) is 4.79 Å². The molecule has 0 saturated heterocycles. The van der Waals surface area contributed by atoms with Crippen molar-refractivity contribution in [2.75, 3.05) is 10.6 Å². The van der Waals surface area contributed by atoms with Gasteiger partial charge in [0.05, 0.1) is 9.88 Å². The van der Waals surface area contributed by atoms with E-state index in [9.17, 15) is 9.59 Å². The number of hydrogen-bond acceptors (Lipinski definition) is 6. The van der Waals surface area contributed by atoms with Gasteiger partial charge in [-0.1, -0.05) is 25.2 Å². The van der Waals surface area contributed by atoms with E-state index in [1.54, 1.807) is 0 Å². The van der Waals surface area contributed by atoms with Crippen LogP contribution in [-0.4, -0.2) is 22.0 Å². The first-order valence-corrected chi connectivity index (χ1v) is 10.2. The third-order valence-electron chi connectivity index (χ3n) is 4.31. The largest absolute Gasteiger partial charge is 0.317 e. The highest BCUT2D eigenvalue weighted by molar-refractivity contribution is 7.18. The number of nitrogens with one attached hydrogen (secondary N) is 2. The Morgan fingerprint density at radius 3 is 2.56 bits per heavy atom. The summed E-state index contributed by atoms with van der Waals surface area (Å²) in [6, 6.07) is 1.84. The van der Waals surface area contributed by atoms with Crippen LogP contribution in [0.15, 0.2) is 6.07 Å². The van der Waals surface area contributed by atoms with Crippen molar-refractivity contribution in [1.29, 1.82) is 0 Å². The number of carbonyl (C=O) groups excluding carboxylic acids is 2. The van der Waals surface area contributed by atoms with Crippen LogP contribution in [0.4, 0.5) is 10.1 Å². The Kier molecular flexibility index (Phi) is 5.48. The lowest BCUT2D eigenvalue weighted by atomic mass is 10.1. The lowest BCUT2D eigenvalue weighted by Crippen LogP contribution is -2.12. The zero-order valence-electron chi connectivity index (χ0n) is 14.6. The topological polar surface area (TPSA) is 84.0 Å². The predicted octanol–water partition coefficient (Wildman–Crippen LogP) is 4.41. The Morgan fingerprint density at radius 2 is 1.92 bits per heavy atom. The normalized spacial score (nSPS) is 13.9. The van der Waals surface area contributed by atoms with Gasteiger partial charge in [-0.15, -0.1) is 21.5 Å². The molecule has 0 radical (unpaired) electrons. The van der Waals surface area contributed by atoms with E-state index >= 15 is 0 Å². The average molecular weight is 379 g/mol. The molecule has 1 aliphatic rings. The number of rotatable bonds is 7. The zero-order valence-corrected chi connectivity index (χ0v) is 16.2. The molecule has 2 N–H and O–H groups in total. The summed E-state index contributed by atoms with van der Waals surface area (Å²) in [6.07, 6.45) is 3.93. The molecule has 2 heterocycles. The molecule has 6 nitrogen and oxygen atoms in total. The molecular weight excluding hydrogens is 356 g/mol. The number of hydrogen-bond donors (Lipinski definition) is 2. The molecule has 2 aromatic heterocycles. The molecule has 1 saturated carbocycles. The molecule has 1 fully saturated rings. The first-order valence-electron chi connectivity index (χ1n) is 8.57. The third-order valence-corrected chi connectivity index (χ3v) is 6.47. The fourth-order valence-electron chi connectivity index (χ4n) is 2.58. The number of thiophene rings is 1. The smallest absolute Gasteiger partial charge is 0.267 e. The summed E-state index contributed by atoms with van der Waals surface area (Å²) in [6.45, 7) is 6.12.